The van der Waals surface area contributed by atoms with Crippen molar-refractivity contribution in [1.29, 1.82) is 0 Å². The monoisotopic (exact) mass is 242 g/mol. The second kappa shape index (κ2) is 4.73. The van der Waals surface area contributed by atoms with Crippen LogP contribution in [0.3, 0.4) is 0 Å². The van der Waals surface area contributed by atoms with Crippen molar-refractivity contribution in [3.8, 4) is 0 Å². The molecule has 2 aromatic heterocycles. The van der Waals surface area contributed by atoms with Crippen molar-refractivity contribution in [3.63, 3.8) is 0 Å². The van der Waals surface area contributed by atoms with Gasteiger partial charge < -0.3 is 10.2 Å². The minimum atomic E-state index is -0.761. The summed E-state index contributed by atoms with van der Waals surface area (Å²) in [6, 6.07) is 0. The third kappa shape index (κ3) is 1.99. The number of hydrogen-bond acceptors (Lipinski definition) is 5. The molecule has 0 bridgehead atoms. The van der Waals surface area contributed by atoms with Crippen LogP contribution in [0.4, 0.5) is 0 Å². The Morgan fingerprint density at radius 1 is 1.38 bits per heavy atom. The highest BCUT2D eigenvalue weighted by atomic mass is 35.5. The predicted octanol–water partition coefficient (Wildman–Crippen LogP) is 0.743. The van der Waals surface area contributed by atoms with Gasteiger partial charge in [-0.25, -0.2) is 15.0 Å². The number of aliphatic hydroxyl groups excluding tert-OH is 2. The average Bonchev–Trinajstić information content (AvgIpc) is 2.71. The fourth-order valence-electron chi connectivity index (χ4n) is 1.45. The zero-order valence-corrected chi connectivity index (χ0v) is 9.17. The van der Waals surface area contributed by atoms with Gasteiger partial charge in [-0.2, -0.15) is 0 Å². The van der Waals surface area contributed by atoms with E-state index in [9.17, 15) is 5.11 Å². The van der Waals surface area contributed by atoms with E-state index < -0.39 is 6.23 Å². The lowest BCUT2D eigenvalue weighted by Gasteiger charge is -2.11. The lowest BCUT2D eigenvalue weighted by Crippen LogP contribution is -2.08. The SMILES string of the molecule is OCCCC(O)n1cnc2c(Cl)ncnc21. The number of imidazole rings is 1. The molecule has 1 unspecified atom stereocenters. The molecule has 0 aliphatic rings. The fourth-order valence-corrected chi connectivity index (χ4v) is 1.63. The van der Waals surface area contributed by atoms with Gasteiger partial charge in [-0.3, -0.25) is 4.57 Å². The summed E-state index contributed by atoms with van der Waals surface area (Å²) in [5.41, 5.74) is 0.956. The van der Waals surface area contributed by atoms with Crippen molar-refractivity contribution in [3.05, 3.63) is 17.8 Å². The van der Waals surface area contributed by atoms with Crippen LogP contribution in [0, 0.1) is 0 Å². The van der Waals surface area contributed by atoms with Crippen molar-refractivity contribution in [1.82, 2.24) is 19.5 Å². The molecule has 16 heavy (non-hydrogen) atoms. The van der Waals surface area contributed by atoms with Crippen LogP contribution in [0.1, 0.15) is 19.1 Å². The molecule has 2 rings (SSSR count). The zero-order chi connectivity index (χ0) is 11.5. The lowest BCUT2D eigenvalue weighted by atomic mass is 10.3. The Hall–Kier alpha value is -1.24. The quantitative estimate of drug-likeness (QED) is 0.773. The maximum atomic E-state index is 9.84. The molecule has 6 nitrogen and oxygen atoms in total. The summed E-state index contributed by atoms with van der Waals surface area (Å²) >= 11 is 5.83. The molecule has 2 aromatic rings. The zero-order valence-electron chi connectivity index (χ0n) is 8.41. The number of rotatable bonds is 4. The van der Waals surface area contributed by atoms with Crippen LogP contribution in [0.15, 0.2) is 12.7 Å². The Kier molecular flexibility index (Phi) is 3.33. The minimum absolute atomic E-state index is 0.0411. The van der Waals surface area contributed by atoms with Gasteiger partial charge in [-0.15, -0.1) is 0 Å². The first-order valence-electron chi connectivity index (χ1n) is 4.86. The Morgan fingerprint density at radius 3 is 2.94 bits per heavy atom. The van der Waals surface area contributed by atoms with Crippen molar-refractivity contribution in [2.45, 2.75) is 19.1 Å². The highest BCUT2D eigenvalue weighted by Crippen LogP contribution is 2.21. The van der Waals surface area contributed by atoms with Crippen molar-refractivity contribution < 1.29 is 10.2 Å². The number of halogens is 1. The van der Waals surface area contributed by atoms with Gasteiger partial charge in [0.25, 0.3) is 0 Å². The van der Waals surface area contributed by atoms with E-state index in [1.165, 1.54) is 17.2 Å². The number of nitrogens with zero attached hydrogens (tertiary/aromatic N) is 4. The molecular weight excluding hydrogens is 232 g/mol. The molecule has 0 saturated heterocycles. The van der Waals surface area contributed by atoms with Crippen LogP contribution in [0.2, 0.25) is 5.15 Å². The topological polar surface area (TPSA) is 84.1 Å². The second-order valence-corrected chi connectivity index (χ2v) is 3.69. The third-order valence-electron chi connectivity index (χ3n) is 2.26. The van der Waals surface area contributed by atoms with E-state index in [-0.39, 0.29) is 11.8 Å². The van der Waals surface area contributed by atoms with Crippen LogP contribution in [0.25, 0.3) is 11.2 Å². The largest absolute Gasteiger partial charge is 0.396 e. The van der Waals surface area contributed by atoms with Crippen molar-refractivity contribution in [2.24, 2.45) is 0 Å². The standard InChI is InChI=1S/C9H11ClN4O2/c10-8-7-9(12-4-11-8)14(5-13-7)6(16)2-1-3-15/h4-6,15-16H,1-3H2. The van der Waals surface area contributed by atoms with E-state index in [1.807, 2.05) is 0 Å². The summed E-state index contributed by atoms with van der Waals surface area (Å²) in [7, 11) is 0. The van der Waals surface area contributed by atoms with Gasteiger partial charge in [0.2, 0.25) is 0 Å². The van der Waals surface area contributed by atoms with Gasteiger partial charge in [-0.1, -0.05) is 11.6 Å². The molecule has 0 aliphatic carbocycles. The fraction of sp³-hybridized carbons (Fsp3) is 0.444. The van der Waals surface area contributed by atoms with Gasteiger partial charge in [0.05, 0.1) is 6.33 Å². The van der Waals surface area contributed by atoms with Gasteiger partial charge in [-0.05, 0) is 12.8 Å². The molecule has 0 aromatic carbocycles. The molecule has 2 N–H and O–H groups in total. The molecule has 0 amide bonds. The smallest absolute Gasteiger partial charge is 0.166 e. The van der Waals surface area contributed by atoms with E-state index in [4.69, 9.17) is 16.7 Å². The summed E-state index contributed by atoms with van der Waals surface area (Å²) in [6.07, 6.45) is 2.97. The third-order valence-corrected chi connectivity index (χ3v) is 2.53. The normalized spacial score (nSPS) is 13.2. The van der Waals surface area contributed by atoms with Crippen LogP contribution in [0.5, 0.6) is 0 Å². The van der Waals surface area contributed by atoms with E-state index in [0.29, 0.717) is 24.0 Å². The maximum Gasteiger partial charge on any atom is 0.166 e. The lowest BCUT2D eigenvalue weighted by molar-refractivity contribution is 0.0885. The molecular formula is C9H11ClN4O2. The van der Waals surface area contributed by atoms with E-state index in [0.717, 1.165) is 0 Å². The Balaban J connectivity index is 2.34. The molecule has 0 fully saturated rings. The summed E-state index contributed by atoms with van der Waals surface area (Å²) in [4.78, 5) is 11.8. The summed E-state index contributed by atoms with van der Waals surface area (Å²) in [5, 5.41) is 18.8. The van der Waals surface area contributed by atoms with Crippen LogP contribution < -0.4 is 0 Å². The number of hydrogen-bond donors (Lipinski definition) is 2. The molecule has 0 spiro atoms. The van der Waals surface area contributed by atoms with Gasteiger partial charge in [0, 0.05) is 6.61 Å². The molecule has 0 aliphatic heterocycles. The highest BCUT2D eigenvalue weighted by molar-refractivity contribution is 6.33. The van der Waals surface area contributed by atoms with Crippen LogP contribution in [-0.2, 0) is 0 Å². The van der Waals surface area contributed by atoms with Crippen molar-refractivity contribution in [2.75, 3.05) is 6.61 Å². The van der Waals surface area contributed by atoms with E-state index in [1.54, 1.807) is 0 Å². The number of fused-ring (bicyclic) bond motifs is 1. The average molecular weight is 243 g/mol. The molecule has 2 heterocycles. The van der Waals surface area contributed by atoms with Crippen molar-refractivity contribution >= 4 is 22.8 Å². The van der Waals surface area contributed by atoms with Gasteiger partial charge in [0.15, 0.2) is 10.8 Å². The molecule has 7 heteroatoms. The molecule has 0 radical (unpaired) electrons. The summed E-state index contributed by atoms with van der Waals surface area (Å²) < 4.78 is 1.51. The highest BCUT2D eigenvalue weighted by Gasteiger charge is 2.13. The molecule has 1 atom stereocenters. The minimum Gasteiger partial charge on any atom is -0.396 e. The molecule has 0 saturated carbocycles. The number of aliphatic hydroxyl groups is 2. The molecule has 86 valence electrons. The summed E-state index contributed by atoms with van der Waals surface area (Å²) in [5.74, 6) is 0. The van der Waals surface area contributed by atoms with Gasteiger partial charge in [0.1, 0.15) is 18.1 Å². The first-order valence-corrected chi connectivity index (χ1v) is 5.24. The van der Waals surface area contributed by atoms with E-state index in [2.05, 4.69) is 15.0 Å². The maximum absolute atomic E-state index is 9.84. The van der Waals surface area contributed by atoms with Crippen LogP contribution >= 0.6 is 11.6 Å². The first-order chi connectivity index (χ1) is 7.74. The van der Waals surface area contributed by atoms with Crippen LogP contribution in [-0.4, -0.2) is 36.3 Å². The predicted molar refractivity (Wildman–Crippen MR) is 57.9 cm³/mol. The number of aromatic nitrogens is 4. The Morgan fingerprint density at radius 2 is 2.19 bits per heavy atom. The Bertz CT molecular complexity index is 487. The Labute approximate surface area is 96.5 Å². The van der Waals surface area contributed by atoms with E-state index >= 15 is 0 Å². The first kappa shape index (κ1) is 11.3. The second-order valence-electron chi connectivity index (χ2n) is 3.33. The summed E-state index contributed by atoms with van der Waals surface area (Å²) in [6.45, 7) is 0.0411. The van der Waals surface area contributed by atoms with Gasteiger partial charge >= 0.3 is 0 Å².